The van der Waals surface area contributed by atoms with E-state index in [1.165, 1.54) is 32.1 Å². The van der Waals surface area contributed by atoms with Crippen molar-refractivity contribution in [2.75, 3.05) is 13.7 Å². The van der Waals surface area contributed by atoms with Crippen LogP contribution in [0.3, 0.4) is 0 Å². The molecule has 0 unspecified atom stereocenters. The molecule has 0 N–H and O–H groups in total. The second-order valence-corrected chi connectivity index (χ2v) is 8.72. The second kappa shape index (κ2) is 9.21. The number of hydrogen-bond acceptors (Lipinski definition) is 5. The number of aromatic nitrogens is 3. The molecular formula is C24H34N4O2. The highest BCUT2D eigenvalue weighted by molar-refractivity contribution is 5.97. The monoisotopic (exact) mass is 410 g/mol. The molecule has 2 aromatic heterocycles. The van der Waals surface area contributed by atoms with Gasteiger partial charge in [0.25, 0.3) is 0 Å². The lowest BCUT2D eigenvalue weighted by atomic mass is 9.89. The molecule has 0 amide bonds. The van der Waals surface area contributed by atoms with Crippen molar-refractivity contribution >= 4 is 10.9 Å². The van der Waals surface area contributed by atoms with Gasteiger partial charge in [-0.3, -0.25) is 4.90 Å². The summed E-state index contributed by atoms with van der Waals surface area (Å²) in [4.78, 5) is 7.06. The topological polar surface area (TPSA) is 56.3 Å². The van der Waals surface area contributed by atoms with Gasteiger partial charge in [-0.25, -0.2) is 0 Å². The first kappa shape index (κ1) is 20.9. The summed E-state index contributed by atoms with van der Waals surface area (Å²) in [6.07, 6.45) is 8.85. The summed E-state index contributed by atoms with van der Waals surface area (Å²) in [5.41, 5.74) is 2.14. The quantitative estimate of drug-likeness (QED) is 0.490. The predicted molar refractivity (Wildman–Crippen MR) is 120 cm³/mol. The zero-order chi connectivity index (χ0) is 21.1. The zero-order valence-corrected chi connectivity index (χ0v) is 18.7. The van der Waals surface area contributed by atoms with Crippen molar-refractivity contribution in [1.82, 2.24) is 19.6 Å². The van der Waals surface area contributed by atoms with Crippen molar-refractivity contribution < 1.29 is 9.26 Å². The lowest BCUT2D eigenvalue weighted by molar-refractivity contribution is 0.194. The summed E-state index contributed by atoms with van der Waals surface area (Å²) in [5.74, 6) is 2.94. The predicted octanol–water partition coefficient (Wildman–Crippen LogP) is 5.51. The van der Waals surface area contributed by atoms with Crippen molar-refractivity contribution in [2.24, 2.45) is 5.92 Å². The third-order valence-corrected chi connectivity index (χ3v) is 6.44. The van der Waals surface area contributed by atoms with E-state index in [9.17, 15) is 0 Å². The number of methoxy groups -OCH3 is 1. The zero-order valence-electron chi connectivity index (χ0n) is 18.7. The number of hydrogen-bond donors (Lipinski definition) is 0. The maximum absolute atomic E-state index is 5.71. The first-order valence-electron chi connectivity index (χ1n) is 11.3. The van der Waals surface area contributed by atoms with Crippen molar-refractivity contribution in [3.8, 4) is 17.1 Å². The van der Waals surface area contributed by atoms with Gasteiger partial charge in [0.2, 0.25) is 11.7 Å². The van der Waals surface area contributed by atoms with Gasteiger partial charge < -0.3 is 13.8 Å². The van der Waals surface area contributed by atoms with Gasteiger partial charge >= 0.3 is 0 Å². The summed E-state index contributed by atoms with van der Waals surface area (Å²) < 4.78 is 13.7. The molecule has 3 aromatic rings. The normalized spacial score (nSPS) is 15.5. The highest BCUT2D eigenvalue weighted by Crippen LogP contribution is 2.36. The van der Waals surface area contributed by atoms with Crippen LogP contribution in [0.15, 0.2) is 28.9 Å². The third kappa shape index (κ3) is 4.24. The van der Waals surface area contributed by atoms with E-state index in [1.54, 1.807) is 7.11 Å². The Morgan fingerprint density at radius 1 is 1.23 bits per heavy atom. The van der Waals surface area contributed by atoms with E-state index in [1.807, 2.05) is 12.1 Å². The van der Waals surface area contributed by atoms with Crippen molar-refractivity contribution in [3.63, 3.8) is 0 Å². The van der Waals surface area contributed by atoms with Crippen molar-refractivity contribution in [1.29, 1.82) is 0 Å². The first-order valence-corrected chi connectivity index (χ1v) is 11.3. The Morgan fingerprint density at radius 3 is 2.73 bits per heavy atom. The van der Waals surface area contributed by atoms with Crippen LogP contribution < -0.4 is 4.74 Å². The number of para-hydroxylation sites is 1. The number of rotatable bonds is 8. The van der Waals surface area contributed by atoms with E-state index >= 15 is 0 Å². The van der Waals surface area contributed by atoms with Gasteiger partial charge in [0, 0.05) is 29.7 Å². The molecule has 1 aliphatic rings. The fraction of sp³-hybridized carbons (Fsp3) is 0.583. The van der Waals surface area contributed by atoms with Gasteiger partial charge in [0.1, 0.15) is 5.75 Å². The smallest absolute Gasteiger partial charge is 0.241 e. The Hall–Kier alpha value is -2.34. The molecular weight excluding hydrogens is 376 g/mol. The van der Waals surface area contributed by atoms with E-state index < -0.39 is 0 Å². The second-order valence-electron chi connectivity index (χ2n) is 8.72. The molecule has 1 aromatic carbocycles. The molecule has 0 saturated heterocycles. The molecule has 6 nitrogen and oxygen atoms in total. The van der Waals surface area contributed by atoms with E-state index in [-0.39, 0.29) is 0 Å². The lowest BCUT2D eigenvalue weighted by Gasteiger charge is -2.22. The molecule has 1 aliphatic carbocycles. The fourth-order valence-electron chi connectivity index (χ4n) is 4.72. The van der Waals surface area contributed by atoms with Crippen LogP contribution in [0.1, 0.15) is 58.8 Å². The Labute approximate surface area is 179 Å². The van der Waals surface area contributed by atoms with E-state index in [4.69, 9.17) is 14.2 Å². The van der Waals surface area contributed by atoms with Gasteiger partial charge in [-0.15, -0.1) is 0 Å². The average molecular weight is 411 g/mol. The molecule has 0 spiro atoms. The molecule has 2 heterocycles. The van der Waals surface area contributed by atoms with Gasteiger partial charge in [0.15, 0.2) is 0 Å². The minimum absolute atomic E-state index is 0.437. The summed E-state index contributed by atoms with van der Waals surface area (Å²) in [5, 5.41) is 5.45. The molecule has 30 heavy (non-hydrogen) atoms. The highest BCUT2D eigenvalue weighted by Gasteiger charge is 2.22. The fourth-order valence-corrected chi connectivity index (χ4v) is 4.72. The van der Waals surface area contributed by atoms with Crippen molar-refractivity contribution in [3.05, 3.63) is 30.3 Å². The van der Waals surface area contributed by atoms with Crippen molar-refractivity contribution in [2.45, 2.75) is 72.0 Å². The minimum atomic E-state index is 0.437. The molecule has 4 rings (SSSR count). The van der Waals surface area contributed by atoms with Crippen LogP contribution >= 0.6 is 0 Å². The van der Waals surface area contributed by atoms with Crippen LogP contribution in [-0.2, 0) is 13.1 Å². The molecule has 6 heteroatoms. The maximum atomic E-state index is 5.71. The van der Waals surface area contributed by atoms with Crippen LogP contribution in [0, 0.1) is 5.92 Å². The molecule has 0 radical (unpaired) electrons. The Kier molecular flexibility index (Phi) is 6.42. The number of nitrogens with zero attached hydrogens (tertiary/aromatic N) is 4. The summed E-state index contributed by atoms with van der Waals surface area (Å²) in [6.45, 7) is 9.16. The number of fused-ring (bicyclic) bond motifs is 1. The van der Waals surface area contributed by atoms with Crippen LogP contribution in [0.2, 0.25) is 0 Å². The van der Waals surface area contributed by atoms with Crippen LogP contribution in [0.5, 0.6) is 5.75 Å². The molecule has 0 bridgehead atoms. The van der Waals surface area contributed by atoms with Crippen LogP contribution in [0.4, 0.5) is 0 Å². The Balaban J connectivity index is 1.69. The van der Waals surface area contributed by atoms with Crippen LogP contribution in [0.25, 0.3) is 22.3 Å². The molecule has 0 atom stereocenters. The highest BCUT2D eigenvalue weighted by atomic mass is 16.5. The summed E-state index contributed by atoms with van der Waals surface area (Å²) in [7, 11) is 1.74. The standard InChI is InChI=1S/C24H34N4O2/c1-5-27(17(2)3)16-22-25-24(26-30-22)20-15-28(14-18-10-7-6-8-11-18)23-19(20)12-9-13-21(23)29-4/h9,12-13,15,17-18H,5-8,10-11,14,16H2,1-4H3. The summed E-state index contributed by atoms with van der Waals surface area (Å²) in [6, 6.07) is 6.64. The molecule has 0 aliphatic heterocycles. The average Bonchev–Trinajstić information content (AvgIpc) is 3.37. The van der Waals surface area contributed by atoms with Crippen LogP contribution in [-0.4, -0.2) is 39.3 Å². The Bertz CT molecular complexity index is 969. The largest absolute Gasteiger partial charge is 0.495 e. The number of benzene rings is 1. The minimum Gasteiger partial charge on any atom is -0.495 e. The summed E-state index contributed by atoms with van der Waals surface area (Å²) >= 11 is 0. The van der Waals surface area contributed by atoms with E-state index in [0.29, 0.717) is 24.3 Å². The number of ether oxygens (including phenoxy) is 1. The first-order chi connectivity index (χ1) is 14.6. The van der Waals surface area contributed by atoms with Gasteiger partial charge in [0.05, 0.1) is 19.2 Å². The third-order valence-electron chi connectivity index (χ3n) is 6.44. The molecule has 162 valence electrons. The van der Waals surface area contributed by atoms with Gasteiger partial charge in [-0.05, 0) is 45.2 Å². The van der Waals surface area contributed by atoms with Gasteiger partial charge in [-0.1, -0.05) is 43.5 Å². The lowest BCUT2D eigenvalue weighted by Crippen LogP contribution is -2.30. The Morgan fingerprint density at radius 2 is 2.03 bits per heavy atom. The SMILES string of the molecule is CCN(Cc1nc(-c2cn(CC3CCCCC3)c3c(OC)cccc23)no1)C(C)C. The molecule has 1 saturated carbocycles. The van der Waals surface area contributed by atoms with Gasteiger partial charge in [-0.2, -0.15) is 4.98 Å². The molecule has 1 fully saturated rings. The van der Waals surface area contributed by atoms with E-state index in [0.717, 1.165) is 41.2 Å². The van der Waals surface area contributed by atoms with E-state index in [2.05, 4.69) is 47.7 Å². The maximum Gasteiger partial charge on any atom is 0.241 e.